The van der Waals surface area contributed by atoms with Gasteiger partial charge in [0.15, 0.2) is 0 Å². The Hall–Kier alpha value is -2.98. The summed E-state index contributed by atoms with van der Waals surface area (Å²) < 4.78 is 4.79. The number of thiophene rings is 1. The molecule has 2 rings (SSSR count). The van der Waals surface area contributed by atoms with Gasteiger partial charge in [0.2, 0.25) is 0 Å². The fourth-order valence-corrected chi connectivity index (χ4v) is 4.15. The second-order valence-electron chi connectivity index (χ2n) is 6.10. The van der Waals surface area contributed by atoms with Crippen molar-refractivity contribution in [2.24, 2.45) is 0 Å². The minimum Gasteiger partial charge on any atom is -0.465 e. The number of benzene rings is 1. The molecule has 2 amide bonds. The van der Waals surface area contributed by atoms with Gasteiger partial charge in [-0.2, -0.15) is 0 Å². The molecule has 1 N–H and O–H groups in total. The normalized spacial score (nSPS) is 10.4. The molecule has 0 saturated heterocycles. The lowest BCUT2D eigenvalue weighted by atomic mass is 10.1. The average molecular weight is 454 g/mol. The maximum absolute atomic E-state index is 12.8. The van der Waals surface area contributed by atoms with Gasteiger partial charge in [-0.1, -0.05) is 11.6 Å². The number of esters is 1. The van der Waals surface area contributed by atoms with E-state index < -0.39 is 22.5 Å². The van der Waals surface area contributed by atoms with E-state index in [2.05, 4.69) is 5.32 Å². The van der Waals surface area contributed by atoms with Gasteiger partial charge in [-0.05, 0) is 38.5 Å². The van der Waals surface area contributed by atoms with Crippen LogP contribution in [-0.4, -0.2) is 47.8 Å². The molecule has 0 unspecified atom stereocenters. The average Bonchev–Trinajstić information content (AvgIpc) is 3.03. The summed E-state index contributed by atoms with van der Waals surface area (Å²) in [6.07, 6.45) is 0. The van der Waals surface area contributed by atoms with Crippen molar-refractivity contribution in [3.63, 3.8) is 0 Å². The van der Waals surface area contributed by atoms with Crippen molar-refractivity contribution in [3.8, 4) is 0 Å². The molecular weight excluding hydrogens is 434 g/mol. The first kappa shape index (κ1) is 23.3. The fourth-order valence-electron chi connectivity index (χ4n) is 2.83. The van der Waals surface area contributed by atoms with Gasteiger partial charge in [-0.25, -0.2) is 4.79 Å². The molecule has 0 aliphatic rings. The van der Waals surface area contributed by atoms with E-state index in [4.69, 9.17) is 16.3 Å². The standard InChI is InChI=1S/C19H20ClN3O6S/c1-5-22(6-2)18(25)15-10(3)14(19(26)29-4)17(30-15)21-16(24)12-8-7-11(20)9-13(12)23(27)28/h7-9H,5-6H2,1-4H3,(H,21,24). The quantitative estimate of drug-likeness (QED) is 0.382. The Morgan fingerprint density at radius 3 is 2.43 bits per heavy atom. The van der Waals surface area contributed by atoms with Crippen LogP contribution >= 0.6 is 22.9 Å². The van der Waals surface area contributed by atoms with Gasteiger partial charge in [0.25, 0.3) is 17.5 Å². The van der Waals surface area contributed by atoms with Crippen molar-refractivity contribution < 1.29 is 24.0 Å². The highest BCUT2D eigenvalue weighted by Gasteiger charge is 2.29. The Morgan fingerprint density at radius 1 is 1.27 bits per heavy atom. The highest BCUT2D eigenvalue weighted by atomic mass is 35.5. The second-order valence-corrected chi connectivity index (χ2v) is 7.56. The Balaban J connectivity index is 2.53. The first-order valence-corrected chi connectivity index (χ1v) is 10.1. The molecule has 1 aromatic carbocycles. The number of carbonyl (C=O) groups is 3. The molecule has 1 heterocycles. The number of halogens is 1. The molecule has 1 aromatic heterocycles. The molecule has 30 heavy (non-hydrogen) atoms. The summed E-state index contributed by atoms with van der Waals surface area (Å²) in [6.45, 7) is 6.18. The topological polar surface area (TPSA) is 119 Å². The van der Waals surface area contributed by atoms with Gasteiger partial charge in [-0.3, -0.25) is 19.7 Å². The van der Waals surface area contributed by atoms with Crippen molar-refractivity contribution in [2.75, 3.05) is 25.5 Å². The van der Waals surface area contributed by atoms with E-state index in [0.717, 1.165) is 17.4 Å². The molecule has 0 aliphatic heterocycles. The lowest BCUT2D eigenvalue weighted by Gasteiger charge is -2.17. The molecule has 9 nitrogen and oxygen atoms in total. The lowest BCUT2D eigenvalue weighted by Crippen LogP contribution is -2.30. The summed E-state index contributed by atoms with van der Waals surface area (Å²) in [5, 5.41) is 14.0. The molecule has 0 radical (unpaired) electrons. The van der Waals surface area contributed by atoms with E-state index in [9.17, 15) is 24.5 Å². The molecule has 0 saturated carbocycles. The fraction of sp³-hybridized carbons (Fsp3) is 0.316. The van der Waals surface area contributed by atoms with Crippen LogP contribution in [-0.2, 0) is 4.74 Å². The molecule has 11 heteroatoms. The molecule has 160 valence electrons. The minimum atomic E-state index is -0.813. The highest BCUT2D eigenvalue weighted by molar-refractivity contribution is 7.18. The third kappa shape index (κ3) is 4.60. The summed E-state index contributed by atoms with van der Waals surface area (Å²) in [6, 6.07) is 3.63. The molecule has 0 fully saturated rings. The minimum absolute atomic E-state index is 0.0305. The zero-order chi connectivity index (χ0) is 22.6. The van der Waals surface area contributed by atoms with E-state index in [1.54, 1.807) is 11.8 Å². The monoisotopic (exact) mass is 453 g/mol. The number of nitrogens with one attached hydrogen (secondary N) is 1. The predicted octanol–water partition coefficient (Wildman–Crippen LogP) is 4.14. The largest absolute Gasteiger partial charge is 0.465 e. The Kier molecular flexibility index (Phi) is 7.52. The number of nitrogens with zero attached hydrogens (tertiary/aromatic N) is 2. The molecular formula is C19H20ClN3O6S. The number of anilines is 1. The smallest absolute Gasteiger partial charge is 0.341 e. The first-order valence-electron chi connectivity index (χ1n) is 8.92. The number of nitro groups is 1. The van der Waals surface area contributed by atoms with Crippen LogP contribution in [0.5, 0.6) is 0 Å². The van der Waals surface area contributed by atoms with Crippen LogP contribution in [0.25, 0.3) is 0 Å². The van der Waals surface area contributed by atoms with Crippen molar-refractivity contribution in [1.29, 1.82) is 0 Å². The summed E-state index contributed by atoms with van der Waals surface area (Å²) in [5.74, 6) is -1.83. The van der Waals surface area contributed by atoms with Gasteiger partial charge < -0.3 is 15.0 Å². The molecule has 0 spiro atoms. The van der Waals surface area contributed by atoms with Crippen LogP contribution in [0.1, 0.15) is 49.8 Å². The molecule has 2 aromatic rings. The van der Waals surface area contributed by atoms with E-state index in [-0.39, 0.29) is 31.9 Å². The summed E-state index contributed by atoms with van der Waals surface area (Å²) >= 11 is 6.71. The second kappa shape index (κ2) is 9.68. The van der Waals surface area contributed by atoms with Crippen LogP contribution in [0, 0.1) is 17.0 Å². The third-order valence-electron chi connectivity index (χ3n) is 4.41. The zero-order valence-corrected chi connectivity index (χ0v) is 18.3. The van der Waals surface area contributed by atoms with Crippen molar-refractivity contribution in [1.82, 2.24) is 4.90 Å². The summed E-state index contributed by atoms with van der Waals surface area (Å²) in [5.41, 5.74) is -0.317. The lowest BCUT2D eigenvalue weighted by molar-refractivity contribution is -0.385. The van der Waals surface area contributed by atoms with E-state index in [1.165, 1.54) is 19.2 Å². The van der Waals surface area contributed by atoms with E-state index in [0.29, 0.717) is 18.7 Å². The number of carbonyl (C=O) groups excluding carboxylic acids is 3. The van der Waals surface area contributed by atoms with Gasteiger partial charge >= 0.3 is 5.97 Å². The molecule has 0 atom stereocenters. The van der Waals surface area contributed by atoms with Gasteiger partial charge in [0.1, 0.15) is 10.6 Å². The van der Waals surface area contributed by atoms with Crippen LogP contribution in [0.3, 0.4) is 0 Å². The SMILES string of the molecule is CCN(CC)C(=O)c1sc(NC(=O)c2ccc(Cl)cc2[N+](=O)[O-])c(C(=O)OC)c1C. The summed E-state index contributed by atoms with van der Waals surface area (Å²) in [7, 11) is 1.18. The number of hydrogen-bond acceptors (Lipinski definition) is 7. The van der Waals surface area contributed by atoms with Crippen molar-refractivity contribution in [2.45, 2.75) is 20.8 Å². The third-order valence-corrected chi connectivity index (χ3v) is 5.84. The van der Waals surface area contributed by atoms with Crippen LogP contribution in [0.2, 0.25) is 5.02 Å². The van der Waals surface area contributed by atoms with E-state index in [1.807, 2.05) is 13.8 Å². The Morgan fingerprint density at radius 2 is 1.90 bits per heavy atom. The Labute approximate surface area is 181 Å². The van der Waals surface area contributed by atoms with Crippen molar-refractivity contribution >= 4 is 51.4 Å². The highest BCUT2D eigenvalue weighted by Crippen LogP contribution is 2.35. The zero-order valence-electron chi connectivity index (χ0n) is 16.8. The van der Waals surface area contributed by atoms with Crippen LogP contribution in [0.4, 0.5) is 10.7 Å². The molecule has 0 aliphatic carbocycles. The maximum atomic E-state index is 12.8. The maximum Gasteiger partial charge on any atom is 0.341 e. The van der Waals surface area contributed by atoms with Gasteiger partial charge in [0, 0.05) is 24.2 Å². The number of rotatable bonds is 7. The first-order chi connectivity index (χ1) is 14.2. The number of methoxy groups -OCH3 is 1. The number of nitro benzene ring substituents is 1. The van der Waals surface area contributed by atoms with Crippen LogP contribution in [0.15, 0.2) is 18.2 Å². The van der Waals surface area contributed by atoms with E-state index >= 15 is 0 Å². The number of ether oxygens (including phenoxy) is 1. The number of amides is 2. The van der Waals surface area contributed by atoms with Gasteiger partial charge in [-0.15, -0.1) is 11.3 Å². The summed E-state index contributed by atoms with van der Waals surface area (Å²) in [4.78, 5) is 50.3. The van der Waals surface area contributed by atoms with Crippen LogP contribution < -0.4 is 5.32 Å². The number of hydrogen-bond donors (Lipinski definition) is 1. The predicted molar refractivity (Wildman–Crippen MR) is 114 cm³/mol. The molecule has 0 bridgehead atoms. The van der Waals surface area contributed by atoms with Gasteiger partial charge in [0.05, 0.1) is 22.5 Å². The Bertz CT molecular complexity index is 1020. The van der Waals surface area contributed by atoms with Crippen molar-refractivity contribution in [3.05, 3.63) is 54.9 Å².